The lowest BCUT2D eigenvalue weighted by molar-refractivity contribution is -0.132. The number of benzene rings is 1. The maximum atomic E-state index is 12.3. The average Bonchev–Trinajstić information content (AvgIpc) is 2.72. The Kier molecular flexibility index (Phi) is 3.60. The van der Waals surface area contributed by atoms with Gasteiger partial charge in [-0.15, -0.1) is 0 Å². The molecule has 2 amide bonds. The van der Waals surface area contributed by atoms with Crippen molar-refractivity contribution in [1.82, 2.24) is 5.32 Å². The summed E-state index contributed by atoms with van der Waals surface area (Å²) in [6, 6.07) is 9.22. The Hall–Kier alpha value is -1.84. The SMILES string of the molecule is CC(C)(C)[C@H]1CNC(=O)[C@H]1C(=O)Nc1ccccc1. The lowest BCUT2D eigenvalue weighted by Crippen LogP contribution is -2.37. The highest BCUT2D eigenvalue weighted by Gasteiger charge is 2.45. The van der Waals surface area contributed by atoms with E-state index in [9.17, 15) is 9.59 Å². The third kappa shape index (κ3) is 2.95. The Balaban J connectivity index is 2.15. The Morgan fingerprint density at radius 2 is 1.89 bits per heavy atom. The van der Waals surface area contributed by atoms with Crippen molar-refractivity contribution in [3.63, 3.8) is 0 Å². The van der Waals surface area contributed by atoms with E-state index in [1.165, 1.54) is 0 Å². The predicted molar refractivity (Wildman–Crippen MR) is 74.5 cm³/mol. The van der Waals surface area contributed by atoms with Crippen LogP contribution >= 0.6 is 0 Å². The number of carbonyl (C=O) groups excluding carboxylic acids is 2. The molecule has 4 nitrogen and oxygen atoms in total. The molecule has 0 radical (unpaired) electrons. The molecule has 0 aromatic heterocycles. The van der Waals surface area contributed by atoms with Crippen LogP contribution in [-0.2, 0) is 9.59 Å². The van der Waals surface area contributed by atoms with Crippen LogP contribution in [0, 0.1) is 17.3 Å². The van der Waals surface area contributed by atoms with Crippen LogP contribution in [-0.4, -0.2) is 18.4 Å². The van der Waals surface area contributed by atoms with Crippen LogP contribution in [0.2, 0.25) is 0 Å². The molecule has 2 atom stereocenters. The minimum Gasteiger partial charge on any atom is -0.355 e. The van der Waals surface area contributed by atoms with Crippen LogP contribution in [0.15, 0.2) is 30.3 Å². The molecule has 1 aromatic rings. The number of para-hydroxylation sites is 1. The number of anilines is 1. The molecule has 1 aliphatic heterocycles. The third-order valence-electron chi connectivity index (χ3n) is 3.62. The third-order valence-corrected chi connectivity index (χ3v) is 3.62. The van der Waals surface area contributed by atoms with Crippen molar-refractivity contribution >= 4 is 17.5 Å². The van der Waals surface area contributed by atoms with Gasteiger partial charge in [0.15, 0.2) is 0 Å². The minimum atomic E-state index is -0.611. The molecule has 1 aliphatic rings. The Morgan fingerprint density at radius 1 is 1.26 bits per heavy atom. The zero-order chi connectivity index (χ0) is 14.0. The van der Waals surface area contributed by atoms with Gasteiger partial charge in [0.05, 0.1) is 0 Å². The lowest BCUT2D eigenvalue weighted by atomic mass is 9.74. The summed E-state index contributed by atoms with van der Waals surface area (Å²) in [4.78, 5) is 24.2. The van der Waals surface area contributed by atoms with Crippen molar-refractivity contribution in [2.75, 3.05) is 11.9 Å². The number of rotatable bonds is 2. The zero-order valence-electron chi connectivity index (χ0n) is 11.6. The number of nitrogens with one attached hydrogen (secondary N) is 2. The molecule has 19 heavy (non-hydrogen) atoms. The van der Waals surface area contributed by atoms with Gasteiger partial charge in [0.25, 0.3) is 0 Å². The average molecular weight is 260 g/mol. The fraction of sp³-hybridized carbons (Fsp3) is 0.467. The summed E-state index contributed by atoms with van der Waals surface area (Å²) in [5.41, 5.74) is 0.637. The van der Waals surface area contributed by atoms with Crippen molar-refractivity contribution < 1.29 is 9.59 Å². The number of carbonyl (C=O) groups is 2. The first-order chi connectivity index (χ1) is 8.89. The minimum absolute atomic E-state index is 0.0173. The monoisotopic (exact) mass is 260 g/mol. The van der Waals surface area contributed by atoms with Gasteiger partial charge < -0.3 is 10.6 Å². The maximum Gasteiger partial charge on any atom is 0.237 e. The largest absolute Gasteiger partial charge is 0.355 e. The molecule has 4 heteroatoms. The molecule has 0 aliphatic carbocycles. The van der Waals surface area contributed by atoms with E-state index < -0.39 is 5.92 Å². The number of amides is 2. The second kappa shape index (κ2) is 5.03. The first-order valence-corrected chi connectivity index (χ1v) is 6.53. The summed E-state index contributed by atoms with van der Waals surface area (Å²) in [7, 11) is 0. The van der Waals surface area contributed by atoms with Crippen molar-refractivity contribution in [2.24, 2.45) is 17.3 Å². The van der Waals surface area contributed by atoms with Gasteiger partial charge in [-0.3, -0.25) is 9.59 Å². The lowest BCUT2D eigenvalue weighted by Gasteiger charge is -2.29. The van der Waals surface area contributed by atoms with Crippen molar-refractivity contribution in [1.29, 1.82) is 0 Å². The molecular formula is C15H20N2O2. The molecule has 1 aromatic carbocycles. The second-order valence-corrected chi connectivity index (χ2v) is 6.05. The molecule has 0 spiro atoms. The first kappa shape index (κ1) is 13.6. The fourth-order valence-electron chi connectivity index (χ4n) is 2.47. The van der Waals surface area contributed by atoms with E-state index >= 15 is 0 Å². The van der Waals surface area contributed by atoms with E-state index in [-0.39, 0.29) is 23.1 Å². The van der Waals surface area contributed by atoms with Crippen LogP contribution < -0.4 is 10.6 Å². The Labute approximate surface area is 113 Å². The van der Waals surface area contributed by atoms with E-state index in [1.54, 1.807) is 0 Å². The van der Waals surface area contributed by atoms with Crippen molar-refractivity contribution in [3.05, 3.63) is 30.3 Å². The number of hydrogen-bond acceptors (Lipinski definition) is 2. The molecule has 0 unspecified atom stereocenters. The molecule has 1 fully saturated rings. The van der Waals surface area contributed by atoms with Crippen LogP contribution in [0.3, 0.4) is 0 Å². The number of hydrogen-bond donors (Lipinski definition) is 2. The van der Waals surface area contributed by atoms with Crippen LogP contribution in [0.4, 0.5) is 5.69 Å². The maximum absolute atomic E-state index is 12.3. The normalized spacial score (nSPS) is 23.0. The molecule has 2 rings (SSSR count). The first-order valence-electron chi connectivity index (χ1n) is 6.53. The molecular weight excluding hydrogens is 240 g/mol. The fourth-order valence-corrected chi connectivity index (χ4v) is 2.47. The molecule has 102 valence electrons. The van der Waals surface area contributed by atoms with E-state index in [4.69, 9.17) is 0 Å². The standard InChI is InChI=1S/C15H20N2O2/c1-15(2,3)11-9-16-13(18)12(11)14(19)17-10-7-5-4-6-8-10/h4-8,11-12H,9H2,1-3H3,(H,16,18)(H,17,19)/t11-,12-/m0/s1. The Bertz CT molecular complexity index is 477. The highest BCUT2D eigenvalue weighted by atomic mass is 16.2. The summed E-state index contributed by atoms with van der Waals surface area (Å²) in [6.45, 7) is 6.73. The summed E-state index contributed by atoms with van der Waals surface area (Å²) in [5, 5.41) is 5.61. The van der Waals surface area contributed by atoms with Gasteiger partial charge in [-0.2, -0.15) is 0 Å². The van der Waals surface area contributed by atoms with Crippen molar-refractivity contribution in [3.8, 4) is 0 Å². The van der Waals surface area contributed by atoms with Crippen LogP contribution in [0.5, 0.6) is 0 Å². The Morgan fingerprint density at radius 3 is 2.47 bits per heavy atom. The van der Waals surface area contributed by atoms with Gasteiger partial charge in [0.2, 0.25) is 11.8 Å². The van der Waals surface area contributed by atoms with Gasteiger partial charge in [0, 0.05) is 18.2 Å². The second-order valence-electron chi connectivity index (χ2n) is 6.05. The summed E-state index contributed by atoms with van der Waals surface area (Å²) < 4.78 is 0. The van der Waals surface area contributed by atoms with Crippen LogP contribution in [0.1, 0.15) is 20.8 Å². The van der Waals surface area contributed by atoms with E-state index in [1.807, 2.05) is 30.3 Å². The predicted octanol–water partition coefficient (Wildman–Crippen LogP) is 2.03. The van der Waals surface area contributed by atoms with Gasteiger partial charge in [-0.1, -0.05) is 39.0 Å². The molecule has 1 heterocycles. The summed E-state index contributed by atoms with van der Waals surface area (Å²) in [6.07, 6.45) is 0. The summed E-state index contributed by atoms with van der Waals surface area (Å²) >= 11 is 0. The zero-order valence-corrected chi connectivity index (χ0v) is 11.6. The van der Waals surface area contributed by atoms with E-state index in [2.05, 4.69) is 31.4 Å². The quantitative estimate of drug-likeness (QED) is 0.799. The molecule has 1 saturated heterocycles. The van der Waals surface area contributed by atoms with Gasteiger partial charge in [-0.05, 0) is 17.5 Å². The van der Waals surface area contributed by atoms with E-state index in [0.29, 0.717) is 6.54 Å². The molecule has 0 saturated carbocycles. The molecule has 2 N–H and O–H groups in total. The topological polar surface area (TPSA) is 58.2 Å². The summed E-state index contributed by atoms with van der Waals surface area (Å²) in [5.74, 6) is -0.988. The highest BCUT2D eigenvalue weighted by Crippen LogP contribution is 2.35. The van der Waals surface area contributed by atoms with Gasteiger partial charge in [0.1, 0.15) is 5.92 Å². The molecule has 0 bridgehead atoms. The van der Waals surface area contributed by atoms with E-state index in [0.717, 1.165) is 5.69 Å². The van der Waals surface area contributed by atoms with Gasteiger partial charge >= 0.3 is 0 Å². The van der Waals surface area contributed by atoms with Crippen LogP contribution in [0.25, 0.3) is 0 Å². The smallest absolute Gasteiger partial charge is 0.237 e. The van der Waals surface area contributed by atoms with Crippen molar-refractivity contribution in [2.45, 2.75) is 20.8 Å². The van der Waals surface area contributed by atoms with Gasteiger partial charge in [-0.25, -0.2) is 0 Å². The highest BCUT2D eigenvalue weighted by molar-refractivity contribution is 6.07.